The minimum absolute atomic E-state index is 0.0970. The van der Waals surface area contributed by atoms with Crippen LogP contribution in [0.5, 0.6) is 5.75 Å². The molecule has 0 saturated carbocycles. The van der Waals surface area contributed by atoms with Gasteiger partial charge in [0.15, 0.2) is 6.61 Å². The normalized spacial score (nSPS) is 15.0. The van der Waals surface area contributed by atoms with E-state index in [2.05, 4.69) is 15.9 Å². The molecule has 8 heteroatoms. The van der Waals surface area contributed by atoms with Crippen LogP contribution in [0.3, 0.4) is 0 Å². The molecule has 1 aliphatic rings. The smallest absolute Gasteiger partial charge is 0.410 e. The standard InChI is InChI=1S/C25H21BrFNO5/c26-18-7-6-17-10-11-28(25(31)33-14-16-4-2-1-3-5-16)24(20(17)12-18)21-13-19(27)8-9-22(21)32-15-23(29)30/h1-9,12-13,24H,10-11,14-15H2,(H,29,30). The Kier molecular flexibility index (Phi) is 6.93. The van der Waals surface area contributed by atoms with Gasteiger partial charge in [0, 0.05) is 16.6 Å². The molecule has 0 radical (unpaired) electrons. The molecule has 170 valence electrons. The van der Waals surface area contributed by atoms with Crippen molar-refractivity contribution in [1.82, 2.24) is 4.90 Å². The highest BCUT2D eigenvalue weighted by molar-refractivity contribution is 9.10. The van der Waals surface area contributed by atoms with E-state index in [-0.39, 0.29) is 12.4 Å². The molecular weight excluding hydrogens is 493 g/mol. The van der Waals surface area contributed by atoms with Crippen LogP contribution in [0.1, 0.15) is 28.3 Å². The van der Waals surface area contributed by atoms with E-state index in [1.165, 1.54) is 23.1 Å². The van der Waals surface area contributed by atoms with Crippen molar-refractivity contribution in [3.8, 4) is 5.75 Å². The number of hydrogen-bond acceptors (Lipinski definition) is 4. The summed E-state index contributed by atoms with van der Waals surface area (Å²) in [5.41, 5.74) is 2.99. The lowest BCUT2D eigenvalue weighted by atomic mass is 9.88. The number of nitrogens with zero attached hydrogens (tertiary/aromatic N) is 1. The Bertz CT molecular complexity index is 1170. The zero-order valence-corrected chi connectivity index (χ0v) is 19.1. The highest BCUT2D eigenvalue weighted by Crippen LogP contribution is 2.41. The fourth-order valence-corrected chi connectivity index (χ4v) is 4.30. The number of benzene rings is 3. The summed E-state index contributed by atoms with van der Waals surface area (Å²) in [4.78, 5) is 25.8. The van der Waals surface area contributed by atoms with Crippen molar-refractivity contribution >= 4 is 28.0 Å². The van der Waals surface area contributed by atoms with Crippen molar-refractivity contribution in [3.63, 3.8) is 0 Å². The zero-order chi connectivity index (χ0) is 23.4. The van der Waals surface area contributed by atoms with E-state index in [1.807, 2.05) is 48.5 Å². The van der Waals surface area contributed by atoms with Crippen LogP contribution in [0.2, 0.25) is 0 Å². The van der Waals surface area contributed by atoms with Gasteiger partial charge in [-0.05, 0) is 53.4 Å². The summed E-state index contributed by atoms with van der Waals surface area (Å²) in [6.07, 6.45) is 0.0446. The summed E-state index contributed by atoms with van der Waals surface area (Å²) in [7, 11) is 0. The number of carboxylic acid groups (broad SMARTS) is 1. The minimum atomic E-state index is -1.16. The Morgan fingerprint density at radius 2 is 1.85 bits per heavy atom. The third kappa shape index (κ3) is 5.34. The van der Waals surface area contributed by atoms with Crippen molar-refractivity contribution in [3.05, 3.63) is 99.3 Å². The predicted octanol–water partition coefficient (Wildman–Crippen LogP) is 5.34. The van der Waals surface area contributed by atoms with Gasteiger partial charge >= 0.3 is 12.1 Å². The molecule has 4 rings (SSSR count). The van der Waals surface area contributed by atoms with E-state index in [4.69, 9.17) is 14.6 Å². The first-order chi connectivity index (χ1) is 15.9. The summed E-state index contributed by atoms with van der Waals surface area (Å²) in [6, 6.07) is 18.2. The first kappa shape index (κ1) is 22.8. The van der Waals surface area contributed by atoms with Crippen LogP contribution in [0.4, 0.5) is 9.18 Å². The summed E-state index contributed by atoms with van der Waals surface area (Å²) in [6.45, 7) is -0.142. The van der Waals surface area contributed by atoms with Crippen molar-refractivity contribution in [2.75, 3.05) is 13.2 Å². The Balaban J connectivity index is 1.72. The van der Waals surface area contributed by atoms with Crippen molar-refractivity contribution < 1.29 is 28.6 Å². The Hall–Kier alpha value is -3.39. The van der Waals surface area contributed by atoms with Crippen LogP contribution < -0.4 is 4.74 Å². The Morgan fingerprint density at radius 1 is 1.06 bits per heavy atom. The van der Waals surface area contributed by atoms with Gasteiger partial charge in [-0.25, -0.2) is 14.0 Å². The molecule has 1 amide bonds. The molecule has 1 heterocycles. The maximum atomic E-state index is 14.3. The fourth-order valence-electron chi connectivity index (χ4n) is 3.92. The number of amides is 1. The predicted molar refractivity (Wildman–Crippen MR) is 123 cm³/mol. The average Bonchev–Trinajstić information content (AvgIpc) is 2.81. The number of rotatable bonds is 6. The summed E-state index contributed by atoms with van der Waals surface area (Å²) in [5, 5.41) is 9.05. The second kappa shape index (κ2) is 10.0. The first-order valence-electron chi connectivity index (χ1n) is 10.3. The molecule has 0 aliphatic carbocycles. The molecule has 1 N–H and O–H groups in total. The van der Waals surface area contributed by atoms with Crippen LogP contribution >= 0.6 is 15.9 Å². The van der Waals surface area contributed by atoms with Crippen LogP contribution in [0, 0.1) is 5.82 Å². The van der Waals surface area contributed by atoms with Crippen LogP contribution in [-0.4, -0.2) is 35.2 Å². The van der Waals surface area contributed by atoms with E-state index in [1.54, 1.807) is 0 Å². The minimum Gasteiger partial charge on any atom is -0.482 e. The van der Waals surface area contributed by atoms with Crippen LogP contribution in [-0.2, 0) is 22.6 Å². The third-order valence-corrected chi connectivity index (χ3v) is 5.89. The number of hydrogen-bond donors (Lipinski definition) is 1. The van der Waals surface area contributed by atoms with Gasteiger partial charge in [-0.2, -0.15) is 0 Å². The van der Waals surface area contributed by atoms with E-state index >= 15 is 0 Å². The van der Waals surface area contributed by atoms with Gasteiger partial charge in [-0.15, -0.1) is 0 Å². The molecule has 33 heavy (non-hydrogen) atoms. The summed E-state index contributed by atoms with van der Waals surface area (Å²) < 4.78 is 26.2. The average molecular weight is 514 g/mol. The van der Waals surface area contributed by atoms with Crippen molar-refractivity contribution in [2.24, 2.45) is 0 Å². The molecule has 1 atom stereocenters. The highest BCUT2D eigenvalue weighted by Gasteiger charge is 2.35. The van der Waals surface area contributed by atoms with E-state index < -0.39 is 30.5 Å². The van der Waals surface area contributed by atoms with Gasteiger partial charge < -0.3 is 14.6 Å². The first-order valence-corrected chi connectivity index (χ1v) is 11.1. The molecule has 1 unspecified atom stereocenters. The topological polar surface area (TPSA) is 76.1 Å². The Morgan fingerprint density at radius 3 is 2.61 bits per heavy atom. The van der Waals surface area contributed by atoms with Gasteiger partial charge in [0.05, 0.1) is 6.04 Å². The maximum absolute atomic E-state index is 14.3. The van der Waals surface area contributed by atoms with Gasteiger partial charge in [-0.3, -0.25) is 4.90 Å². The number of fused-ring (bicyclic) bond motifs is 1. The van der Waals surface area contributed by atoms with Crippen molar-refractivity contribution in [2.45, 2.75) is 19.1 Å². The lowest BCUT2D eigenvalue weighted by molar-refractivity contribution is -0.139. The molecule has 1 aliphatic heterocycles. The third-order valence-electron chi connectivity index (χ3n) is 5.39. The SMILES string of the molecule is O=C(O)COc1ccc(F)cc1C1c2cc(Br)ccc2CCN1C(=O)OCc1ccccc1. The summed E-state index contributed by atoms with van der Waals surface area (Å²) >= 11 is 3.47. The molecular formula is C25H21BrFNO5. The van der Waals surface area contributed by atoms with Gasteiger partial charge in [0.25, 0.3) is 0 Å². The second-order valence-electron chi connectivity index (χ2n) is 7.59. The lowest BCUT2D eigenvalue weighted by Gasteiger charge is -2.37. The molecule has 0 saturated heterocycles. The van der Waals surface area contributed by atoms with Crippen LogP contribution in [0.25, 0.3) is 0 Å². The number of aliphatic carboxylic acids is 1. The van der Waals surface area contributed by atoms with E-state index in [0.717, 1.165) is 21.2 Å². The van der Waals surface area contributed by atoms with Crippen LogP contribution in [0.15, 0.2) is 71.2 Å². The molecule has 6 nitrogen and oxygen atoms in total. The molecule has 0 spiro atoms. The lowest BCUT2D eigenvalue weighted by Crippen LogP contribution is -2.41. The number of halogens is 2. The van der Waals surface area contributed by atoms with Crippen molar-refractivity contribution in [1.29, 1.82) is 0 Å². The maximum Gasteiger partial charge on any atom is 0.410 e. The van der Waals surface area contributed by atoms with Gasteiger partial charge in [0.2, 0.25) is 0 Å². The van der Waals surface area contributed by atoms with Gasteiger partial charge in [0.1, 0.15) is 18.2 Å². The Labute approximate surface area is 198 Å². The number of ether oxygens (including phenoxy) is 2. The quantitative estimate of drug-likeness (QED) is 0.481. The van der Waals surface area contributed by atoms with E-state index in [9.17, 15) is 14.0 Å². The largest absolute Gasteiger partial charge is 0.482 e. The molecule has 0 fully saturated rings. The summed E-state index contributed by atoms with van der Waals surface area (Å²) in [5.74, 6) is -1.49. The van der Waals surface area contributed by atoms with Gasteiger partial charge in [-0.1, -0.05) is 52.3 Å². The molecule has 3 aromatic rings. The second-order valence-corrected chi connectivity index (χ2v) is 8.51. The fraction of sp³-hybridized carbons (Fsp3) is 0.200. The number of carboxylic acids is 1. The molecule has 3 aromatic carbocycles. The zero-order valence-electron chi connectivity index (χ0n) is 17.5. The number of carbonyl (C=O) groups is 2. The highest BCUT2D eigenvalue weighted by atomic mass is 79.9. The molecule has 0 aromatic heterocycles. The monoisotopic (exact) mass is 513 g/mol. The van der Waals surface area contributed by atoms with E-state index in [0.29, 0.717) is 18.5 Å². The molecule has 0 bridgehead atoms. The number of carbonyl (C=O) groups excluding carboxylic acids is 1.